The van der Waals surface area contributed by atoms with Gasteiger partial charge in [-0.1, -0.05) is 15.9 Å². The molecule has 16 heavy (non-hydrogen) atoms. The number of pyridine rings is 1. The molecule has 2 aromatic heterocycles. The number of aromatic hydroxyl groups is 1. The monoisotopic (exact) mass is 281 g/mol. The van der Waals surface area contributed by atoms with Crippen LogP contribution >= 0.6 is 15.9 Å². The van der Waals surface area contributed by atoms with Gasteiger partial charge >= 0.3 is 0 Å². The summed E-state index contributed by atoms with van der Waals surface area (Å²) in [7, 11) is 1.90. The van der Waals surface area contributed by atoms with Crippen LogP contribution < -0.4 is 0 Å². The topological polar surface area (TPSA) is 50.9 Å². The van der Waals surface area contributed by atoms with Crippen LogP contribution in [0.15, 0.2) is 18.3 Å². The Kier molecular flexibility index (Phi) is 2.96. The minimum atomic E-state index is 0.216. The third-order valence-electron chi connectivity index (χ3n) is 2.52. The Bertz CT molecular complexity index is 522. The maximum absolute atomic E-state index is 9.43. The molecule has 2 heterocycles. The zero-order valence-electron chi connectivity index (χ0n) is 9.11. The van der Waals surface area contributed by atoms with Crippen LogP contribution in [0.1, 0.15) is 11.4 Å². The van der Waals surface area contributed by atoms with Crippen LogP contribution in [0.2, 0.25) is 0 Å². The fourth-order valence-corrected chi connectivity index (χ4v) is 2.20. The van der Waals surface area contributed by atoms with Gasteiger partial charge in [0, 0.05) is 17.9 Å². The van der Waals surface area contributed by atoms with Crippen molar-refractivity contribution in [1.82, 2.24) is 14.8 Å². The molecule has 2 rings (SSSR count). The lowest BCUT2D eigenvalue weighted by Gasteiger charge is -2.04. The van der Waals surface area contributed by atoms with Gasteiger partial charge in [-0.05, 0) is 19.1 Å². The molecule has 0 aliphatic rings. The van der Waals surface area contributed by atoms with Gasteiger partial charge in [-0.15, -0.1) is 0 Å². The number of aryl methyl sites for hydroxylation is 2. The van der Waals surface area contributed by atoms with Crippen molar-refractivity contribution in [2.75, 3.05) is 0 Å². The van der Waals surface area contributed by atoms with Crippen LogP contribution in [0.4, 0.5) is 0 Å². The molecule has 0 saturated carbocycles. The predicted octanol–water partition coefficient (Wildman–Crippen LogP) is 2.39. The highest BCUT2D eigenvalue weighted by atomic mass is 79.9. The number of hydrogen-bond acceptors (Lipinski definition) is 3. The molecule has 4 nitrogen and oxygen atoms in total. The molecule has 2 aromatic rings. The van der Waals surface area contributed by atoms with Gasteiger partial charge in [-0.3, -0.25) is 4.68 Å². The molecule has 0 atom stereocenters. The highest BCUT2D eigenvalue weighted by molar-refractivity contribution is 9.08. The van der Waals surface area contributed by atoms with Gasteiger partial charge in [-0.2, -0.15) is 5.10 Å². The molecule has 5 heteroatoms. The van der Waals surface area contributed by atoms with Crippen molar-refractivity contribution in [3.63, 3.8) is 0 Å². The van der Waals surface area contributed by atoms with Crippen molar-refractivity contribution in [1.29, 1.82) is 0 Å². The molecule has 0 unspecified atom stereocenters. The van der Waals surface area contributed by atoms with Gasteiger partial charge in [0.15, 0.2) is 0 Å². The van der Waals surface area contributed by atoms with Gasteiger partial charge in [0.1, 0.15) is 5.75 Å². The predicted molar refractivity (Wildman–Crippen MR) is 65.5 cm³/mol. The van der Waals surface area contributed by atoms with Crippen LogP contribution in [0.3, 0.4) is 0 Å². The second kappa shape index (κ2) is 4.25. The van der Waals surface area contributed by atoms with E-state index in [0.29, 0.717) is 5.69 Å². The number of alkyl halides is 1. The van der Waals surface area contributed by atoms with Crippen LogP contribution in [0, 0.1) is 6.92 Å². The molecule has 1 N–H and O–H groups in total. The van der Waals surface area contributed by atoms with Crippen LogP contribution in [0.25, 0.3) is 11.3 Å². The summed E-state index contributed by atoms with van der Waals surface area (Å²) in [5, 5.41) is 14.4. The largest absolute Gasteiger partial charge is 0.506 e. The summed E-state index contributed by atoms with van der Waals surface area (Å²) in [5.41, 5.74) is 3.51. The summed E-state index contributed by atoms with van der Waals surface area (Å²) >= 11 is 3.43. The smallest absolute Gasteiger partial charge is 0.136 e. The lowest BCUT2D eigenvalue weighted by Crippen LogP contribution is -1.96. The average Bonchev–Trinajstić information content (AvgIpc) is 2.63. The number of halogens is 1. The minimum Gasteiger partial charge on any atom is -0.506 e. The molecule has 0 fully saturated rings. The first-order valence-corrected chi connectivity index (χ1v) is 5.99. The van der Waals surface area contributed by atoms with Gasteiger partial charge in [0.25, 0.3) is 0 Å². The van der Waals surface area contributed by atoms with Crippen molar-refractivity contribution < 1.29 is 5.11 Å². The van der Waals surface area contributed by atoms with Crippen molar-refractivity contribution in [3.8, 4) is 17.0 Å². The number of aromatic nitrogens is 3. The maximum Gasteiger partial charge on any atom is 0.136 e. The average molecular weight is 282 g/mol. The number of rotatable bonds is 2. The Balaban J connectivity index is 2.54. The first kappa shape index (κ1) is 11.1. The summed E-state index contributed by atoms with van der Waals surface area (Å²) in [6, 6.07) is 3.45. The Hall–Kier alpha value is -1.36. The van der Waals surface area contributed by atoms with E-state index >= 15 is 0 Å². The van der Waals surface area contributed by atoms with Gasteiger partial charge in [0.2, 0.25) is 0 Å². The van der Waals surface area contributed by atoms with E-state index < -0.39 is 0 Å². The van der Waals surface area contributed by atoms with Gasteiger partial charge < -0.3 is 5.11 Å². The quantitative estimate of drug-likeness (QED) is 0.860. The fraction of sp³-hybridized carbons (Fsp3) is 0.273. The second-order valence-corrected chi connectivity index (χ2v) is 4.12. The van der Waals surface area contributed by atoms with E-state index in [9.17, 15) is 5.11 Å². The van der Waals surface area contributed by atoms with Gasteiger partial charge in [-0.25, -0.2) is 4.98 Å². The maximum atomic E-state index is 9.43. The Labute approximate surface area is 102 Å². The van der Waals surface area contributed by atoms with E-state index in [2.05, 4.69) is 26.0 Å². The van der Waals surface area contributed by atoms with Gasteiger partial charge in [0.05, 0.1) is 23.3 Å². The van der Waals surface area contributed by atoms with E-state index in [1.165, 1.54) is 0 Å². The van der Waals surface area contributed by atoms with Crippen molar-refractivity contribution in [2.45, 2.75) is 12.3 Å². The molecule has 0 amide bonds. The summed E-state index contributed by atoms with van der Waals surface area (Å²) in [6.45, 7) is 1.78. The molecule has 84 valence electrons. The Morgan fingerprint density at radius 2 is 2.19 bits per heavy atom. The SMILES string of the molecule is Cc1nc(-c2cnn(C)c2CBr)ccc1O. The molecule has 0 saturated heterocycles. The van der Waals surface area contributed by atoms with E-state index in [1.807, 2.05) is 11.7 Å². The Morgan fingerprint density at radius 3 is 2.81 bits per heavy atom. The first-order chi connectivity index (χ1) is 7.63. The highest BCUT2D eigenvalue weighted by Gasteiger charge is 2.11. The highest BCUT2D eigenvalue weighted by Crippen LogP contribution is 2.25. The fourth-order valence-electron chi connectivity index (χ4n) is 1.54. The lowest BCUT2D eigenvalue weighted by molar-refractivity contribution is 0.468. The molecule has 0 aliphatic carbocycles. The first-order valence-electron chi connectivity index (χ1n) is 4.87. The molecule has 0 radical (unpaired) electrons. The minimum absolute atomic E-state index is 0.216. The second-order valence-electron chi connectivity index (χ2n) is 3.56. The van der Waals surface area contributed by atoms with Crippen LogP contribution in [-0.2, 0) is 12.4 Å². The zero-order valence-corrected chi connectivity index (χ0v) is 10.7. The summed E-state index contributed by atoms with van der Waals surface area (Å²) < 4.78 is 1.81. The molecular weight excluding hydrogens is 270 g/mol. The zero-order chi connectivity index (χ0) is 11.7. The van der Waals surface area contributed by atoms with E-state index in [0.717, 1.165) is 22.3 Å². The van der Waals surface area contributed by atoms with Crippen molar-refractivity contribution >= 4 is 15.9 Å². The van der Waals surface area contributed by atoms with E-state index in [1.54, 1.807) is 25.3 Å². The molecule has 0 aromatic carbocycles. The number of hydrogen-bond donors (Lipinski definition) is 1. The Morgan fingerprint density at radius 1 is 1.44 bits per heavy atom. The number of nitrogens with zero attached hydrogens (tertiary/aromatic N) is 3. The summed E-state index contributed by atoms with van der Waals surface area (Å²) in [6.07, 6.45) is 1.79. The van der Waals surface area contributed by atoms with E-state index in [-0.39, 0.29) is 5.75 Å². The summed E-state index contributed by atoms with van der Waals surface area (Å²) in [5.74, 6) is 0.216. The molecule has 0 spiro atoms. The third kappa shape index (κ3) is 1.82. The lowest BCUT2D eigenvalue weighted by atomic mass is 10.1. The molecule has 0 aliphatic heterocycles. The normalized spacial score (nSPS) is 10.7. The van der Waals surface area contributed by atoms with Crippen LogP contribution in [0.5, 0.6) is 5.75 Å². The van der Waals surface area contributed by atoms with Crippen molar-refractivity contribution in [2.24, 2.45) is 7.05 Å². The standard InChI is InChI=1S/C11H12BrN3O/c1-7-11(16)4-3-9(14-7)8-6-13-15(2)10(8)5-12/h3-4,6,16H,5H2,1-2H3. The molecular formula is C11H12BrN3O. The van der Waals surface area contributed by atoms with Crippen molar-refractivity contribution in [3.05, 3.63) is 29.7 Å². The molecule has 0 bridgehead atoms. The third-order valence-corrected chi connectivity index (χ3v) is 3.05. The van der Waals surface area contributed by atoms with Crippen LogP contribution in [-0.4, -0.2) is 19.9 Å². The van der Waals surface area contributed by atoms with E-state index in [4.69, 9.17) is 0 Å². The summed E-state index contributed by atoms with van der Waals surface area (Å²) in [4.78, 5) is 4.34.